The molecule has 0 saturated carbocycles. The summed E-state index contributed by atoms with van der Waals surface area (Å²) in [6.45, 7) is 2.13. The third-order valence-electron chi connectivity index (χ3n) is 3.00. The number of rotatable bonds is 3. The fourth-order valence-corrected chi connectivity index (χ4v) is 1.87. The van der Waals surface area contributed by atoms with Crippen molar-refractivity contribution in [1.82, 2.24) is 24.9 Å². The van der Waals surface area contributed by atoms with Crippen LogP contribution in [-0.2, 0) is 6.54 Å². The summed E-state index contributed by atoms with van der Waals surface area (Å²) in [5.41, 5.74) is 1.63. The lowest BCUT2D eigenvalue weighted by molar-refractivity contribution is 0.0940. The van der Waals surface area contributed by atoms with E-state index in [9.17, 15) is 9.18 Å². The van der Waals surface area contributed by atoms with Gasteiger partial charge in [-0.25, -0.2) is 13.9 Å². The summed E-state index contributed by atoms with van der Waals surface area (Å²) >= 11 is 0. The molecular weight excluding hydrogens is 273 g/mol. The molecular formula is C14H12FN5O. The first-order valence-corrected chi connectivity index (χ1v) is 6.34. The Hall–Kier alpha value is -2.83. The topological polar surface area (TPSA) is 72.2 Å². The van der Waals surface area contributed by atoms with Crippen LogP contribution in [-0.4, -0.2) is 25.5 Å². The van der Waals surface area contributed by atoms with Crippen LogP contribution < -0.4 is 5.32 Å². The molecule has 0 spiro atoms. The van der Waals surface area contributed by atoms with Gasteiger partial charge in [-0.15, -0.1) is 5.10 Å². The fourth-order valence-electron chi connectivity index (χ4n) is 1.87. The quantitative estimate of drug-likeness (QED) is 0.791. The van der Waals surface area contributed by atoms with Crippen molar-refractivity contribution in [2.75, 3.05) is 0 Å². The SMILES string of the molecule is Cc1ccnc2nc(C(=O)NCc3ccc(F)cc3)nn12. The predicted octanol–water partition coefficient (Wildman–Crippen LogP) is 1.50. The van der Waals surface area contributed by atoms with Crippen molar-refractivity contribution < 1.29 is 9.18 Å². The number of amides is 1. The van der Waals surface area contributed by atoms with Crippen molar-refractivity contribution in [2.24, 2.45) is 0 Å². The highest BCUT2D eigenvalue weighted by atomic mass is 19.1. The van der Waals surface area contributed by atoms with E-state index in [0.29, 0.717) is 5.78 Å². The largest absolute Gasteiger partial charge is 0.345 e. The molecule has 7 heteroatoms. The highest BCUT2D eigenvalue weighted by molar-refractivity contribution is 5.90. The first-order valence-electron chi connectivity index (χ1n) is 6.34. The number of nitrogens with zero attached hydrogens (tertiary/aromatic N) is 4. The summed E-state index contributed by atoms with van der Waals surface area (Å²) in [4.78, 5) is 20.1. The Kier molecular flexibility index (Phi) is 3.31. The number of halogens is 1. The van der Waals surface area contributed by atoms with E-state index in [1.165, 1.54) is 16.6 Å². The third kappa shape index (κ3) is 2.71. The molecule has 6 nitrogen and oxygen atoms in total. The summed E-state index contributed by atoms with van der Waals surface area (Å²) in [5.74, 6) is -0.279. The van der Waals surface area contributed by atoms with Gasteiger partial charge in [0.15, 0.2) is 0 Å². The molecule has 1 aromatic carbocycles. The summed E-state index contributed by atoms with van der Waals surface area (Å²) in [7, 11) is 0. The van der Waals surface area contributed by atoms with Crippen molar-refractivity contribution in [3.63, 3.8) is 0 Å². The molecule has 0 aliphatic rings. The van der Waals surface area contributed by atoms with Crippen LogP contribution in [0, 0.1) is 12.7 Å². The van der Waals surface area contributed by atoms with Crippen molar-refractivity contribution in [3.05, 3.63) is 59.4 Å². The minimum Gasteiger partial charge on any atom is -0.345 e. The number of benzene rings is 1. The van der Waals surface area contributed by atoms with E-state index in [0.717, 1.165) is 11.3 Å². The summed E-state index contributed by atoms with van der Waals surface area (Å²) < 4.78 is 14.3. The van der Waals surface area contributed by atoms with Crippen LogP contribution in [0.15, 0.2) is 36.5 Å². The van der Waals surface area contributed by atoms with E-state index in [1.807, 2.05) is 6.92 Å². The molecule has 0 bridgehead atoms. The molecule has 21 heavy (non-hydrogen) atoms. The number of aromatic nitrogens is 4. The standard InChI is InChI=1S/C14H12FN5O/c1-9-6-7-16-14-18-12(19-20(9)14)13(21)17-8-10-2-4-11(15)5-3-10/h2-7H,8H2,1H3,(H,17,21). The summed E-state index contributed by atoms with van der Waals surface area (Å²) in [6.07, 6.45) is 1.61. The Bertz CT molecular complexity index is 797. The van der Waals surface area contributed by atoms with Crippen LogP contribution in [0.5, 0.6) is 0 Å². The first kappa shape index (κ1) is 13.2. The van der Waals surface area contributed by atoms with Crippen molar-refractivity contribution in [2.45, 2.75) is 13.5 Å². The molecule has 0 atom stereocenters. The van der Waals surface area contributed by atoms with Crippen molar-refractivity contribution >= 4 is 11.7 Å². The lowest BCUT2D eigenvalue weighted by Gasteiger charge is -2.02. The van der Waals surface area contributed by atoms with Gasteiger partial charge in [0.2, 0.25) is 5.82 Å². The number of carbonyl (C=O) groups is 1. The predicted molar refractivity (Wildman–Crippen MR) is 73.1 cm³/mol. The Balaban J connectivity index is 1.75. The molecule has 0 aliphatic heterocycles. The van der Waals surface area contributed by atoms with Gasteiger partial charge in [0.25, 0.3) is 11.7 Å². The Labute approximate surface area is 119 Å². The van der Waals surface area contributed by atoms with E-state index in [-0.39, 0.29) is 18.2 Å². The van der Waals surface area contributed by atoms with E-state index in [4.69, 9.17) is 0 Å². The van der Waals surface area contributed by atoms with Crippen molar-refractivity contribution in [1.29, 1.82) is 0 Å². The number of carbonyl (C=O) groups excluding carboxylic acids is 1. The highest BCUT2D eigenvalue weighted by Gasteiger charge is 2.13. The summed E-state index contributed by atoms with van der Waals surface area (Å²) in [6, 6.07) is 7.69. The molecule has 0 aliphatic carbocycles. The molecule has 0 unspecified atom stereocenters. The number of nitrogens with one attached hydrogen (secondary N) is 1. The zero-order valence-electron chi connectivity index (χ0n) is 11.2. The third-order valence-corrected chi connectivity index (χ3v) is 3.00. The minimum absolute atomic E-state index is 0.0545. The zero-order valence-corrected chi connectivity index (χ0v) is 11.2. The lowest BCUT2D eigenvalue weighted by Crippen LogP contribution is -2.24. The molecule has 3 aromatic rings. The average Bonchev–Trinajstić information content (AvgIpc) is 2.92. The Morgan fingerprint density at radius 2 is 2.05 bits per heavy atom. The van der Waals surface area contributed by atoms with Crippen LogP contribution in [0.1, 0.15) is 21.9 Å². The van der Waals surface area contributed by atoms with Gasteiger partial charge >= 0.3 is 0 Å². The molecule has 0 saturated heterocycles. The maximum absolute atomic E-state index is 12.8. The minimum atomic E-state index is -0.399. The lowest BCUT2D eigenvalue weighted by atomic mass is 10.2. The number of hydrogen-bond acceptors (Lipinski definition) is 4. The smallest absolute Gasteiger partial charge is 0.291 e. The normalized spacial score (nSPS) is 10.8. The maximum atomic E-state index is 12.8. The van der Waals surface area contributed by atoms with Crippen LogP contribution >= 0.6 is 0 Å². The molecule has 2 aromatic heterocycles. The number of fused-ring (bicyclic) bond motifs is 1. The molecule has 1 N–H and O–H groups in total. The Morgan fingerprint density at radius 3 is 2.76 bits per heavy atom. The van der Waals surface area contributed by atoms with Gasteiger partial charge in [-0.05, 0) is 30.7 Å². The van der Waals surface area contributed by atoms with Crippen molar-refractivity contribution in [3.8, 4) is 0 Å². The van der Waals surface area contributed by atoms with Gasteiger partial charge in [0.1, 0.15) is 5.82 Å². The van der Waals surface area contributed by atoms with Gasteiger partial charge in [-0.2, -0.15) is 4.98 Å². The molecule has 3 rings (SSSR count). The van der Waals surface area contributed by atoms with Gasteiger partial charge in [-0.3, -0.25) is 4.79 Å². The van der Waals surface area contributed by atoms with Crippen LogP contribution in [0.4, 0.5) is 4.39 Å². The van der Waals surface area contributed by atoms with Gasteiger partial charge < -0.3 is 5.32 Å². The molecule has 0 radical (unpaired) electrons. The van der Waals surface area contributed by atoms with Crippen LogP contribution in [0.2, 0.25) is 0 Å². The fraction of sp³-hybridized carbons (Fsp3) is 0.143. The second-order valence-electron chi connectivity index (χ2n) is 4.54. The molecule has 0 fully saturated rings. The average molecular weight is 285 g/mol. The molecule has 2 heterocycles. The van der Waals surface area contributed by atoms with E-state index < -0.39 is 5.91 Å². The van der Waals surface area contributed by atoms with Crippen LogP contribution in [0.25, 0.3) is 5.78 Å². The monoisotopic (exact) mass is 285 g/mol. The Morgan fingerprint density at radius 1 is 1.29 bits per heavy atom. The highest BCUT2D eigenvalue weighted by Crippen LogP contribution is 2.04. The van der Waals surface area contributed by atoms with E-state index in [1.54, 1.807) is 24.4 Å². The van der Waals surface area contributed by atoms with E-state index in [2.05, 4.69) is 20.4 Å². The summed E-state index contributed by atoms with van der Waals surface area (Å²) in [5, 5.41) is 6.80. The molecule has 106 valence electrons. The van der Waals surface area contributed by atoms with Gasteiger partial charge in [0.05, 0.1) is 0 Å². The maximum Gasteiger partial charge on any atom is 0.291 e. The van der Waals surface area contributed by atoms with Gasteiger partial charge in [0, 0.05) is 18.4 Å². The second-order valence-corrected chi connectivity index (χ2v) is 4.54. The molecule has 1 amide bonds. The van der Waals surface area contributed by atoms with Crippen LogP contribution in [0.3, 0.4) is 0 Å². The van der Waals surface area contributed by atoms with E-state index >= 15 is 0 Å². The number of aryl methyl sites for hydroxylation is 1. The first-order chi connectivity index (χ1) is 10.1. The number of hydrogen-bond donors (Lipinski definition) is 1. The van der Waals surface area contributed by atoms with Gasteiger partial charge in [-0.1, -0.05) is 12.1 Å². The second kappa shape index (κ2) is 5.28. The zero-order chi connectivity index (χ0) is 14.8.